The van der Waals surface area contributed by atoms with Gasteiger partial charge in [-0.2, -0.15) is 0 Å². The van der Waals surface area contributed by atoms with Gasteiger partial charge in [-0.15, -0.1) is 0 Å². The van der Waals surface area contributed by atoms with Crippen molar-refractivity contribution in [1.82, 2.24) is 14.5 Å². The molecule has 1 aromatic heterocycles. The van der Waals surface area contributed by atoms with Gasteiger partial charge in [-0.25, -0.2) is 18.2 Å². The number of hydrogen-bond donors (Lipinski definition) is 0. The molecule has 0 aliphatic rings. The first-order valence-electron chi connectivity index (χ1n) is 8.26. The topological polar surface area (TPSA) is 38.1 Å². The molecule has 1 heterocycles. The summed E-state index contributed by atoms with van der Waals surface area (Å²) >= 11 is 0. The molecule has 0 atom stereocenters. The van der Waals surface area contributed by atoms with Crippen molar-refractivity contribution in [3.05, 3.63) is 65.2 Å². The van der Waals surface area contributed by atoms with Crippen LogP contribution in [0.3, 0.4) is 0 Å². The van der Waals surface area contributed by atoms with E-state index >= 15 is 0 Å². The number of amides is 1. The Hall–Kier alpha value is -2.83. The highest BCUT2D eigenvalue weighted by Crippen LogP contribution is 2.20. The highest BCUT2D eigenvalue weighted by molar-refractivity contribution is 5.94. The first-order chi connectivity index (χ1) is 12.4. The van der Waals surface area contributed by atoms with Crippen molar-refractivity contribution < 1.29 is 18.0 Å². The Kier molecular flexibility index (Phi) is 4.97. The van der Waals surface area contributed by atoms with Crippen molar-refractivity contribution >= 4 is 16.9 Å². The Morgan fingerprint density at radius 3 is 2.54 bits per heavy atom. The summed E-state index contributed by atoms with van der Waals surface area (Å²) in [5, 5.41) is 0. The van der Waals surface area contributed by atoms with E-state index in [-0.39, 0.29) is 17.9 Å². The Morgan fingerprint density at radius 2 is 1.81 bits per heavy atom. The van der Waals surface area contributed by atoms with Crippen LogP contribution in [0.1, 0.15) is 29.5 Å². The van der Waals surface area contributed by atoms with Crippen LogP contribution in [0.25, 0.3) is 11.0 Å². The normalized spacial score (nSPS) is 11.1. The van der Waals surface area contributed by atoms with Crippen LogP contribution in [0, 0.1) is 17.5 Å². The average molecular weight is 361 g/mol. The molecule has 7 heteroatoms. The zero-order chi connectivity index (χ0) is 18.8. The lowest BCUT2D eigenvalue weighted by Gasteiger charge is -2.18. The van der Waals surface area contributed by atoms with Crippen LogP contribution in [0.2, 0.25) is 0 Å². The van der Waals surface area contributed by atoms with E-state index in [0.717, 1.165) is 24.6 Å². The molecule has 2 aromatic carbocycles. The zero-order valence-electron chi connectivity index (χ0n) is 14.5. The molecule has 0 aliphatic heterocycles. The first-order valence-corrected chi connectivity index (χ1v) is 8.26. The smallest absolute Gasteiger partial charge is 0.257 e. The molecule has 4 nitrogen and oxygen atoms in total. The van der Waals surface area contributed by atoms with E-state index in [4.69, 9.17) is 0 Å². The van der Waals surface area contributed by atoms with Crippen molar-refractivity contribution in [2.24, 2.45) is 0 Å². The number of carbonyl (C=O) groups is 1. The molecule has 0 bridgehead atoms. The second-order valence-corrected chi connectivity index (χ2v) is 6.10. The molecule has 0 fully saturated rings. The number of rotatable bonds is 5. The molecule has 3 rings (SSSR count). The lowest BCUT2D eigenvalue weighted by atomic mass is 10.2. The fourth-order valence-electron chi connectivity index (χ4n) is 2.89. The number of halogens is 3. The molecule has 0 saturated carbocycles. The quantitative estimate of drug-likeness (QED) is 0.685. The molecule has 136 valence electrons. The number of aromatic nitrogens is 2. The monoisotopic (exact) mass is 361 g/mol. The lowest BCUT2D eigenvalue weighted by Crippen LogP contribution is -2.28. The van der Waals surface area contributed by atoms with Crippen LogP contribution in [-0.4, -0.2) is 27.4 Å². The van der Waals surface area contributed by atoms with Gasteiger partial charge in [0, 0.05) is 13.6 Å². The number of imidazole rings is 1. The number of benzene rings is 2. The summed E-state index contributed by atoms with van der Waals surface area (Å²) in [4.78, 5) is 18.2. The highest BCUT2D eigenvalue weighted by Gasteiger charge is 2.20. The number of fused-ring (bicyclic) bond motifs is 1. The van der Waals surface area contributed by atoms with E-state index in [1.807, 2.05) is 11.5 Å². The van der Waals surface area contributed by atoms with Crippen molar-refractivity contribution in [3.8, 4) is 0 Å². The largest absolute Gasteiger partial charge is 0.334 e. The summed E-state index contributed by atoms with van der Waals surface area (Å²) in [7, 11) is 1.49. The van der Waals surface area contributed by atoms with E-state index in [1.165, 1.54) is 24.1 Å². The fraction of sp³-hybridized carbons (Fsp3) is 0.263. The van der Waals surface area contributed by atoms with E-state index in [1.54, 1.807) is 6.07 Å². The number of hydrogen-bond acceptors (Lipinski definition) is 2. The number of carbonyl (C=O) groups excluding carboxylic acids is 1. The van der Waals surface area contributed by atoms with Gasteiger partial charge in [0.25, 0.3) is 5.91 Å². The predicted molar refractivity (Wildman–Crippen MR) is 92.1 cm³/mol. The summed E-state index contributed by atoms with van der Waals surface area (Å²) < 4.78 is 42.6. The summed E-state index contributed by atoms with van der Waals surface area (Å²) in [5.41, 5.74) is 0.920. The van der Waals surface area contributed by atoms with Crippen molar-refractivity contribution in [2.45, 2.75) is 26.4 Å². The second kappa shape index (κ2) is 7.19. The third-order valence-corrected chi connectivity index (χ3v) is 4.12. The van der Waals surface area contributed by atoms with Crippen LogP contribution in [0.15, 0.2) is 36.4 Å². The van der Waals surface area contributed by atoms with Crippen LogP contribution in [-0.2, 0) is 13.1 Å². The average Bonchev–Trinajstić information content (AvgIpc) is 2.93. The van der Waals surface area contributed by atoms with Crippen LogP contribution >= 0.6 is 0 Å². The summed E-state index contributed by atoms with van der Waals surface area (Å²) in [6.45, 7) is 2.67. The molecule has 0 radical (unpaired) electrons. The molecule has 0 spiro atoms. The Labute approximate surface area is 148 Å². The van der Waals surface area contributed by atoms with Gasteiger partial charge in [0.05, 0.1) is 23.1 Å². The minimum absolute atomic E-state index is 0.0884. The molecule has 0 N–H and O–H groups in total. The summed E-state index contributed by atoms with van der Waals surface area (Å²) in [6.07, 6.45) is 0.797. The third kappa shape index (κ3) is 3.42. The van der Waals surface area contributed by atoms with Gasteiger partial charge < -0.3 is 9.47 Å². The van der Waals surface area contributed by atoms with E-state index in [2.05, 4.69) is 4.98 Å². The van der Waals surface area contributed by atoms with Gasteiger partial charge >= 0.3 is 0 Å². The number of aryl methyl sites for hydroxylation is 1. The SMILES string of the molecule is CCCn1c(CN(C)C(=O)c2cc(F)ccc2F)nc2ccc(F)cc21. The molecule has 3 aromatic rings. The predicted octanol–water partition coefficient (Wildman–Crippen LogP) is 4.14. The molecule has 0 saturated heterocycles. The lowest BCUT2D eigenvalue weighted by molar-refractivity contribution is 0.0775. The Morgan fingerprint density at radius 1 is 1.12 bits per heavy atom. The van der Waals surface area contributed by atoms with Gasteiger partial charge in [-0.05, 0) is 42.8 Å². The van der Waals surface area contributed by atoms with Crippen molar-refractivity contribution in [2.75, 3.05) is 7.05 Å². The van der Waals surface area contributed by atoms with Crippen LogP contribution in [0.5, 0.6) is 0 Å². The third-order valence-electron chi connectivity index (χ3n) is 4.12. The van der Waals surface area contributed by atoms with Gasteiger partial charge in [0.2, 0.25) is 0 Å². The zero-order valence-corrected chi connectivity index (χ0v) is 14.5. The maximum atomic E-state index is 13.9. The molecular formula is C19H18F3N3O. The molecule has 0 aliphatic carbocycles. The Balaban J connectivity index is 1.93. The van der Waals surface area contributed by atoms with Gasteiger partial charge in [0.1, 0.15) is 23.3 Å². The van der Waals surface area contributed by atoms with Gasteiger partial charge in [-0.3, -0.25) is 4.79 Å². The maximum Gasteiger partial charge on any atom is 0.257 e. The molecule has 26 heavy (non-hydrogen) atoms. The molecular weight excluding hydrogens is 343 g/mol. The minimum atomic E-state index is -0.785. The second-order valence-electron chi connectivity index (χ2n) is 6.10. The van der Waals surface area contributed by atoms with Crippen molar-refractivity contribution in [1.29, 1.82) is 0 Å². The van der Waals surface area contributed by atoms with E-state index < -0.39 is 17.5 Å². The van der Waals surface area contributed by atoms with Crippen LogP contribution < -0.4 is 0 Å². The summed E-state index contributed by atoms with van der Waals surface area (Å²) in [5.74, 6) is -1.93. The van der Waals surface area contributed by atoms with Crippen molar-refractivity contribution in [3.63, 3.8) is 0 Å². The summed E-state index contributed by atoms with van der Waals surface area (Å²) in [6, 6.07) is 7.06. The van der Waals surface area contributed by atoms with Gasteiger partial charge in [-0.1, -0.05) is 6.92 Å². The fourth-order valence-corrected chi connectivity index (χ4v) is 2.89. The maximum absolute atomic E-state index is 13.9. The van der Waals surface area contributed by atoms with E-state index in [9.17, 15) is 18.0 Å². The van der Waals surface area contributed by atoms with E-state index in [0.29, 0.717) is 23.4 Å². The standard InChI is InChI=1S/C19H18F3N3O/c1-3-8-25-17-10-13(21)5-7-16(17)23-18(25)11-24(2)19(26)14-9-12(20)4-6-15(14)22/h4-7,9-10H,3,8,11H2,1-2H3. The first kappa shape index (κ1) is 18.0. The molecule has 0 unspecified atom stereocenters. The molecule has 1 amide bonds. The minimum Gasteiger partial charge on any atom is -0.334 e. The number of nitrogens with zero attached hydrogens (tertiary/aromatic N) is 3. The highest BCUT2D eigenvalue weighted by atomic mass is 19.1. The van der Waals surface area contributed by atoms with Gasteiger partial charge in [0.15, 0.2) is 0 Å². The van der Waals surface area contributed by atoms with Crippen LogP contribution in [0.4, 0.5) is 13.2 Å². The Bertz CT molecular complexity index is 968.